The van der Waals surface area contributed by atoms with Crippen LogP contribution in [0.3, 0.4) is 0 Å². The van der Waals surface area contributed by atoms with Gasteiger partial charge >= 0.3 is 11.9 Å². The molecule has 0 bridgehead atoms. The van der Waals surface area contributed by atoms with E-state index < -0.39 is 18.1 Å². The molecule has 0 aromatic carbocycles. The van der Waals surface area contributed by atoms with Crippen LogP contribution in [0.15, 0.2) is 12.2 Å². The Labute approximate surface area is 371 Å². The van der Waals surface area contributed by atoms with Gasteiger partial charge in [-0.15, -0.1) is 0 Å². The third-order valence-electron chi connectivity index (χ3n) is 11.9. The molecule has 8 nitrogen and oxygen atoms in total. The van der Waals surface area contributed by atoms with Crippen LogP contribution in [0, 0.1) is 0 Å². The molecule has 0 saturated heterocycles. The Morgan fingerprint density at radius 3 is 1.20 bits per heavy atom. The van der Waals surface area contributed by atoms with Crippen molar-refractivity contribution in [2.24, 2.45) is 0 Å². The first-order valence-corrected chi connectivity index (χ1v) is 25.7. The number of carbonyl (C=O) groups excluding carboxylic acids is 3. The highest BCUT2D eigenvalue weighted by Gasteiger charge is 2.25. The van der Waals surface area contributed by atoms with E-state index in [2.05, 4.69) is 26.0 Å². The van der Waals surface area contributed by atoms with Crippen molar-refractivity contribution >= 4 is 17.9 Å². The van der Waals surface area contributed by atoms with Gasteiger partial charge in [0.1, 0.15) is 12.6 Å². The van der Waals surface area contributed by atoms with Crippen LogP contribution in [0.4, 0.5) is 0 Å². The zero-order valence-electron chi connectivity index (χ0n) is 40.4. The Morgan fingerprint density at radius 1 is 0.483 bits per heavy atom. The normalized spacial score (nSPS) is 12.9. The number of aliphatic carboxylic acids is 1. The van der Waals surface area contributed by atoms with Gasteiger partial charge in [0, 0.05) is 19.3 Å². The fourth-order valence-electron chi connectivity index (χ4n) is 7.89. The van der Waals surface area contributed by atoms with Crippen LogP contribution in [0.1, 0.15) is 251 Å². The molecule has 0 amide bonds. The van der Waals surface area contributed by atoms with Gasteiger partial charge in [-0.2, -0.15) is 0 Å². The average Bonchev–Trinajstić information content (AvgIpc) is 3.21. The number of carboxylic acids is 1. The van der Waals surface area contributed by atoms with Crippen molar-refractivity contribution in [2.75, 3.05) is 41.0 Å². The first-order valence-electron chi connectivity index (χ1n) is 25.7. The van der Waals surface area contributed by atoms with E-state index >= 15 is 0 Å². The number of unbranched alkanes of at least 4 members (excludes halogenated alkanes) is 31. The number of ether oxygens (including phenoxy) is 3. The number of allylic oxidation sites excluding steroid dienone is 2. The maximum absolute atomic E-state index is 12.8. The number of esters is 2. The SMILES string of the molecule is CCCCCCCC/C=C\CCCCCCCCCC(=O)OC(COCCC(C(=O)[O-])[N+](C)(C)C)COC(=O)CCCCCCCCCCCCCCCCCCCCC. The van der Waals surface area contributed by atoms with E-state index in [1.165, 1.54) is 180 Å². The first kappa shape index (κ1) is 58.1. The lowest BCUT2D eigenvalue weighted by molar-refractivity contribution is -0.889. The molecule has 0 aliphatic rings. The number of rotatable bonds is 47. The average molecular weight is 850 g/mol. The number of carboxylic acid groups (broad SMARTS) is 1. The van der Waals surface area contributed by atoms with Crippen molar-refractivity contribution in [1.29, 1.82) is 0 Å². The van der Waals surface area contributed by atoms with E-state index in [0.29, 0.717) is 12.8 Å². The molecule has 0 N–H and O–H groups in total. The Bertz CT molecular complexity index is 993. The monoisotopic (exact) mass is 850 g/mol. The van der Waals surface area contributed by atoms with Crippen LogP contribution in [-0.4, -0.2) is 75.5 Å². The Morgan fingerprint density at radius 2 is 0.833 bits per heavy atom. The number of nitrogens with zero attached hydrogens (tertiary/aromatic N) is 1. The molecular formula is C52H99NO7. The van der Waals surface area contributed by atoms with Gasteiger partial charge in [-0.25, -0.2) is 0 Å². The minimum absolute atomic E-state index is 0.0451. The smallest absolute Gasteiger partial charge is 0.306 e. The number of likely N-dealkylation sites (N-methyl/N-ethyl adjacent to an activating group) is 1. The number of carbonyl (C=O) groups is 3. The molecule has 0 spiro atoms. The van der Waals surface area contributed by atoms with Gasteiger partial charge in [0.05, 0.1) is 40.3 Å². The van der Waals surface area contributed by atoms with Crippen molar-refractivity contribution in [2.45, 2.75) is 264 Å². The zero-order chi connectivity index (χ0) is 44.2. The van der Waals surface area contributed by atoms with Crippen LogP contribution in [0.2, 0.25) is 0 Å². The molecule has 0 fully saturated rings. The second kappa shape index (κ2) is 43.7. The summed E-state index contributed by atoms with van der Waals surface area (Å²) in [5, 5.41) is 11.7. The van der Waals surface area contributed by atoms with Crippen LogP contribution in [0.5, 0.6) is 0 Å². The molecule has 354 valence electrons. The number of hydrogen-bond acceptors (Lipinski definition) is 7. The molecule has 2 atom stereocenters. The molecule has 60 heavy (non-hydrogen) atoms. The van der Waals surface area contributed by atoms with E-state index in [9.17, 15) is 19.5 Å². The van der Waals surface area contributed by atoms with Crippen LogP contribution in [0.25, 0.3) is 0 Å². The summed E-state index contributed by atoms with van der Waals surface area (Å²) in [6, 6.07) is -0.723. The fraction of sp³-hybridized carbons (Fsp3) is 0.904. The Balaban J connectivity index is 4.21. The van der Waals surface area contributed by atoms with Gasteiger partial charge < -0.3 is 28.6 Å². The van der Waals surface area contributed by atoms with E-state index in [-0.39, 0.29) is 42.7 Å². The van der Waals surface area contributed by atoms with Crippen molar-refractivity contribution in [3.05, 3.63) is 12.2 Å². The topological polar surface area (TPSA) is 102 Å². The molecule has 0 saturated carbocycles. The van der Waals surface area contributed by atoms with E-state index in [1.807, 2.05) is 21.1 Å². The molecule has 0 heterocycles. The predicted molar refractivity (Wildman–Crippen MR) is 250 cm³/mol. The lowest BCUT2D eigenvalue weighted by Crippen LogP contribution is -2.55. The van der Waals surface area contributed by atoms with Crippen molar-refractivity contribution < 1.29 is 38.2 Å². The molecule has 0 radical (unpaired) electrons. The zero-order valence-corrected chi connectivity index (χ0v) is 40.4. The molecule has 0 aromatic rings. The molecule has 0 aliphatic carbocycles. The number of quaternary nitrogens is 1. The van der Waals surface area contributed by atoms with E-state index in [4.69, 9.17) is 14.2 Å². The van der Waals surface area contributed by atoms with Crippen LogP contribution < -0.4 is 5.11 Å². The Kier molecular flexibility index (Phi) is 42.3. The second-order valence-electron chi connectivity index (χ2n) is 18.8. The minimum atomic E-state index is -1.12. The summed E-state index contributed by atoms with van der Waals surface area (Å²) in [5.41, 5.74) is 0. The highest BCUT2D eigenvalue weighted by molar-refractivity contribution is 5.70. The first-order chi connectivity index (χ1) is 29.1. The van der Waals surface area contributed by atoms with Gasteiger partial charge in [0.15, 0.2) is 6.10 Å². The van der Waals surface area contributed by atoms with E-state index in [0.717, 1.165) is 38.5 Å². The van der Waals surface area contributed by atoms with Crippen LogP contribution in [-0.2, 0) is 28.6 Å². The third-order valence-corrected chi connectivity index (χ3v) is 11.9. The van der Waals surface area contributed by atoms with Crippen molar-refractivity contribution in [3.8, 4) is 0 Å². The summed E-state index contributed by atoms with van der Waals surface area (Å²) in [5.74, 6) is -1.72. The highest BCUT2D eigenvalue weighted by Crippen LogP contribution is 2.16. The summed E-state index contributed by atoms with van der Waals surface area (Å²) in [7, 11) is 5.42. The summed E-state index contributed by atoms with van der Waals surface area (Å²) in [4.78, 5) is 37.0. The molecule has 0 aromatic heterocycles. The Hall–Kier alpha value is -1.93. The van der Waals surface area contributed by atoms with Gasteiger partial charge in [-0.3, -0.25) is 9.59 Å². The molecule has 0 aliphatic heterocycles. The maximum Gasteiger partial charge on any atom is 0.306 e. The lowest BCUT2D eigenvalue weighted by Gasteiger charge is -2.34. The van der Waals surface area contributed by atoms with Gasteiger partial charge in [-0.05, 0) is 38.5 Å². The van der Waals surface area contributed by atoms with Crippen molar-refractivity contribution in [3.63, 3.8) is 0 Å². The predicted octanol–water partition coefficient (Wildman–Crippen LogP) is 13.3. The van der Waals surface area contributed by atoms with Gasteiger partial charge in [0.25, 0.3) is 0 Å². The molecule has 8 heteroatoms. The lowest BCUT2D eigenvalue weighted by atomic mass is 10.0. The molecule has 0 rings (SSSR count). The standard InChI is InChI=1S/C52H99NO7/c1-6-8-10-12-14-16-18-20-22-24-25-27-28-30-32-34-36-38-40-42-50(54)59-47-48(46-58-45-44-49(52(56)57)53(3,4)5)60-51(55)43-41-39-37-35-33-31-29-26-23-21-19-17-15-13-11-9-7-2/h21,23,48-49H,6-20,22,24-47H2,1-5H3/b23-21-. The second-order valence-corrected chi connectivity index (χ2v) is 18.8. The van der Waals surface area contributed by atoms with E-state index in [1.54, 1.807) is 0 Å². The molecule has 2 unspecified atom stereocenters. The maximum atomic E-state index is 12.8. The van der Waals surface area contributed by atoms with Crippen LogP contribution >= 0.6 is 0 Å². The molecular weight excluding hydrogens is 751 g/mol. The summed E-state index contributed by atoms with van der Waals surface area (Å²) >= 11 is 0. The fourth-order valence-corrected chi connectivity index (χ4v) is 7.89. The number of hydrogen-bond donors (Lipinski definition) is 0. The summed E-state index contributed by atoms with van der Waals surface area (Å²) in [6.07, 6.45) is 48.1. The van der Waals surface area contributed by atoms with Gasteiger partial charge in [-0.1, -0.05) is 206 Å². The van der Waals surface area contributed by atoms with Crippen molar-refractivity contribution in [1.82, 2.24) is 0 Å². The van der Waals surface area contributed by atoms with Gasteiger partial charge in [0.2, 0.25) is 0 Å². The third kappa shape index (κ3) is 41.4. The summed E-state index contributed by atoms with van der Waals surface area (Å²) < 4.78 is 17.3. The minimum Gasteiger partial charge on any atom is -0.544 e. The quantitative estimate of drug-likeness (QED) is 0.0260. The largest absolute Gasteiger partial charge is 0.544 e. The summed E-state index contributed by atoms with van der Waals surface area (Å²) in [6.45, 7) is 4.70. The highest BCUT2D eigenvalue weighted by atomic mass is 16.6.